The Morgan fingerprint density at radius 2 is 2.04 bits per heavy atom. The fourth-order valence-corrected chi connectivity index (χ4v) is 2.43. The van der Waals surface area contributed by atoms with Gasteiger partial charge in [-0.1, -0.05) is 23.2 Å². The van der Waals surface area contributed by atoms with E-state index in [1.165, 1.54) is 6.07 Å². The van der Waals surface area contributed by atoms with E-state index in [-0.39, 0.29) is 16.7 Å². The van der Waals surface area contributed by atoms with Gasteiger partial charge in [-0.05, 0) is 26.0 Å². The number of ether oxygens (including phenoxy) is 1. The Bertz CT molecular complexity index is 775. The van der Waals surface area contributed by atoms with Gasteiger partial charge in [0, 0.05) is 12.6 Å². The summed E-state index contributed by atoms with van der Waals surface area (Å²) in [6, 6.07) is 2.67. The third-order valence-corrected chi connectivity index (χ3v) is 3.62. The minimum atomic E-state index is -4.66. The molecule has 0 unspecified atom stereocenters. The Balaban J connectivity index is 2.39. The van der Waals surface area contributed by atoms with Crippen molar-refractivity contribution in [2.24, 2.45) is 0 Å². The normalized spacial score (nSPS) is 11.5. The third kappa shape index (κ3) is 3.76. The predicted molar refractivity (Wildman–Crippen MR) is 83.0 cm³/mol. The molecule has 2 rings (SSSR count). The Hall–Kier alpha value is -1.93. The molecule has 2 aromatic rings. The topological polar surface area (TPSA) is 56.2 Å². The highest BCUT2D eigenvalue weighted by molar-refractivity contribution is 6.37. The molecule has 0 aliphatic rings. The minimum absolute atomic E-state index is 0.109. The predicted octanol–water partition coefficient (Wildman–Crippen LogP) is 4.89. The highest BCUT2D eigenvalue weighted by atomic mass is 35.5. The molecule has 1 amide bonds. The number of carbonyl (C=O) groups is 1. The first-order valence-corrected chi connectivity index (χ1v) is 7.48. The van der Waals surface area contributed by atoms with Gasteiger partial charge in [-0.3, -0.25) is 0 Å². The summed E-state index contributed by atoms with van der Waals surface area (Å²) in [5.74, 6) is -0.490. The molecule has 0 spiro atoms. The molecule has 130 valence electrons. The van der Waals surface area contributed by atoms with Crippen molar-refractivity contribution in [3.63, 3.8) is 0 Å². The van der Waals surface area contributed by atoms with Gasteiger partial charge in [0.1, 0.15) is 0 Å². The van der Waals surface area contributed by atoms with E-state index in [1.807, 2.05) is 0 Å². The van der Waals surface area contributed by atoms with E-state index in [0.717, 1.165) is 16.8 Å². The maximum Gasteiger partial charge on any atom is 0.417 e. The molecular formula is C14H12Cl2F3N3O2. The van der Waals surface area contributed by atoms with Crippen LogP contribution >= 0.6 is 23.2 Å². The maximum absolute atomic E-state index is 12.9. The molecule has 0 aliphatic heterocycles. The van der Waals surface area contributed by atoms with E-state index < -0.39 is 22.8 Å². The van der Waals surface area contributed by atoms with Crippen LogP contribution in [0.4, 0.5) is 18.0 Å². The third-order valence-electron chi connectivity index (χ3n) is 2.95. The highest BCUT2D eigenvalue weighted by Crippen LogP contribution is 2.44. The van der Waals surface area contributed by atoms with E-state index in [2.05, 4.69) is 10.4 Å². The number of nitrogens with one attached hydrogen (secondary N) is 1. The molecule has 10 heteroatoms. The van der Waals surface area contributed by atoms with E-state index in [9.17, 15) is 18.0 Å². The number of carbonyl (C=O) groups excluding carboxylic acids is 1. The van der Waals surface area contributed by atoms with Gasteiger partial charge in [-0.15, -0.1) is 5.10 Å². The first-order valence-electron chi connectivity index (χ1n) is 6.73. The fraction of sp³-hybridized carbons (Fsp3) is 0.286. The lowest BCUT2D eigenvalue weighted by molar-refractivity contribution is -0.137. The van der Waals surface area contributed by atoms with Gasteiger partial charge in [0.05, 0.1) is 21.3 Å². The summed E-state index contributed by atoms with van der Waals surface area (Å²) < 4.78 is 45.0. The first-order chi connectivity index (χ1) is 11.1. The smallest absolute Gasteiger partial charge is 0.417 e. The van der Waals surface area contributed by atoms with Gasteiger partial charge in [-0.2, -0.15) is 17.9 Å². The van der Waals surface area contributed by atoms with E-state index in [4.69, 9.17) is 27.9 Å². The second-order valence-corrected chi connectivity index (χ2v) is 5.49. The molecule has 5 nitrogen and oxygen atoms in total. The zero-order chi connectivity index (χ0) is 18.1. The van der Waals surface area contributed by atoms with Crippen LogP contribution in [0.1, 0.15) is 18.2 Å². The Morgan fingerprint density at radius 3 is 2.62 bits per heavy atom. The summed E-state index contributed by atoms with van der Waals surface area (Å²) in [6.45, 7) is 3.71. The van der Waals surface area contributed by atoms with Gasteiger partial charge >= 0.3 is 12.2 Å². The van der Waals surface area contributed by atoms with Crippen molar-refractivity contribution in [2.75, 3.05) is 6.54 Å². The van der Waals surface area contributed by atoms with Crippen molar-refractivity contribution >= 4 is 29.2 Å². The molecule has 0 aliphatic carbocycles. The van der Waals surface area contributed by atoms with Crippen LogP contribution in [0.15, 0.2) is 18.2 Å². The number of halogens is 5. The lowest BCUT2D eigenvalue weighted by Crippen LogP contribution is -2.29. The van der Waals surface area contributed by atoms with Crippen LogP contribution in [-0.2, 0) is 6.18 Å². The summed E-state index contributed by atoms with van der Waals surface area (Å²) in [5, 5.41) is 5.63. The number of hydrogen-bond acceptors (Lipinski definition) is 3. The summed E-state index contributed by atoms with van der Waals surface area (Å²) in [5.41, 5.74) is -0.654. The molecule has 0 bridgehead atoms. The molecule has 1 aromatic heterocycles. The van der Waals surface area contributed by atoms with Crippen LogP contribution in [0, 0.1) is 6.92 Å². The summed E-state index contributed by atoms with van der Waals surface area (Å²) in [4.78, 5) is 11.8. The van der Waals surface area contributed by atoms with Gasteiger partial charge in [0.2, 0.25) is 5.88 Å². The average molecular weight is 382 g/mol. The minimum Gasteiger partial charge on any atom is -0.434 e. The lowest BCUT2D eigenvalue weighted by Gasteiger charge is -2.13. The molecule has 1 heterocycles. The Labute approximate surface area is 145 Å². The molecule has 0 atom stereocenters. The fourth-order valence-electron chi connectivity index (χ4n) is 1.88. The van der Waals surface area contributed by atoms with E-state index in [1.54, 1.807) is 13.8 Å². The second kappa shape index (κ2) is 6.90. The standard InChI is InChI=1S/C14H12Cl2F3N3O2/c1-3-20-13(23)22-7(2)6-10(21-22)24-12-9(15)5-4-8(11(12)16)14(17,18)19/h4-6H,3H2,1-2H3,(H,20,23). The van der Waals surface area contributed by atoms with Crippen molar-refractivity contribution in [3.05, 3.63) is 39.5 Å². The number of benzene rings is 1. The largest absolute Gasteiger partial charge is 0.434 e. The van der Waals surface area contributed by atoms with Crippen LogP contribution in [0.2, 0.25) is 10.0 Å². The van der Waals surface area contributed by atoms with Crippen LogP contribution in [0.25, 0.3) is 0 Å². The van der Waals surface area contributed by atoms with Crippen LogP contribution in [0.5, 0.6) is 11.6 Å². The number of nitrogens with zero attached hydrogens (tertiary/aromatic N) is 2. The average Bonchev–Trinajstić information content (AvgIpc) is 2.83. The van der Waals surface area contributed by atoms with Crippen LogP contribution in [-0.4, -0.2) is 22.4 Å². The van der Waals surface area contributed by atoms with Gasteiger partial charge in [0.15, 0.2) is 5.75 Å². The maximum atomic E-state index is 12.9. The molecule has 0 radical (unpaired) electrons. The van der Waals surface area contributed by atoms with Crippen molar-refractivity contribution < 1.29 is 22.7 Å². The number of amides is 1. The number of alkyl halides is 3. The summed E-state index contributed by atoms with van der Waals surface area (Å²) in [7, 11) is 0. The SMILES string of the molecule is CCNC(=O)n1nc(Oc2c(Cl)ccc(C(F)(F)F)c2Cl)cc1C. The zero-order valence-corrected chi connectivity index (χ0v) is 14.1. The van der Waals surface area contributed by atoms with E-state index in [0.29, 0.717) is 12.2 Å². The molecule has 0 fully saturated rings. The molecule has 0 saturated heterocycles. The number of aromatic nitrogens is 2. The second-order valence-electron chi connectivity index (χ2n) is 4.71. The number of rotatable bonds is 3. The zero-order valence-electron chi connectivity index (χ0n) is 12.5. The van der Waals surface area contributed by atoms with Gasteiger partial charge in [-0.25, -0.2) is 4.79 Å². The Morgan fingerprint density at radius 1 is 1.38 bits per heavy atom. The first kappa shape index (κ1) is 18.4. The lowest BCUT2D eigenvalue weighted by atomic mass is 10.2. The van der Waals surface area contributed by atoms with E-state index >= 15 is 0 Å². The van der Waals surface area contributed by atoms with Crippen LogP contribution < -0.4 is 10.1 Å². The molecule has 0 saturated carbocycles. The van der Waals surface area contributed by atoms with Crippen LogP contribution in [0.3, 0.4) is 0 Å². The Kier molecular flexibility index (Phi) is 5.29. The van der Waals surface area contributed by atoms with Crippen molar-refractivity contribution in [1.29, 1.82) is 0 Å². The van der Waals surface area contributed by atoms with Crippen molar-refractivity contribution in [3.8, 4) is 11.6 Å². The van der Waals surface area contributed by atoms with Gasteiger partial charge < -0.3 is 10.1 Å². The molecule has 24 heavy (non-hydrogen) atoms. The monoisotopic (exact) mass is 381 g/mol. The quantitative estimate of drug-likeness (QED) is 0.823. The highest BCUT2D eigenvalue weighted by Gasteiger charge is 2.35. The summed E-state index contributed by atoms with van der Waals surface area (Å²) in [6.07, 6.45) is -4.66. The molecule has 1 N–H and O–H groups in total. The molecule has 1 aromatic carbocycles. The van der Waals surface area contributed by atoms with Crippen molar-refractivity contribution in [2.45, 2.75) is 20.0 Å². The van der Waals surface area contributed by atoms with Crippen molar-refractivity contribution in [1.82, 2.24) is 15.1 Å². The molecular weight excluding hydrogens is 370 g/mol. The van der Waals surface area contributed by atoms with Gasteiger partial charge in [0.25, 0.3) is 0 Å². The summed E-state index contributed by atoms with van der Waals surface area (Å²) >= 11 is 11.6. The number of aryl methyl sites for hydroxylation is 1. The number of hydrogen-bond donors (Lipinski definition) is 1.